The third kappa shape index (κ3) is 2.70. The number of aromatic nitrogens is 2. The van der Waals surface area contributed by atoms with E-state index in [1.807, 2.05) is 0 Å². The average molecular weight is 181 g/mol. The topological polar surface area (TPSA) is 64.0 Å². The van der Waals surface area contributed by atoms with E-state index in [1.165, 1.54) is 6.33 Å². The minimum absolute atomic E-state index is 0.0265. The molecule has 0 aliphatic heterocycles. The highest BCUT2D eigenvalue weighted by atomic mass is 16.1. The molecule has 0 aliphatic rings. The van der Waals surface area contributed by atoms with E-state index in [0.29, 0.717) is 24.9 Å². The van der Waals surface area contributed by atoms with Crippen LogP contribution in [0.4, 0.5) is 0 Å². The summed E-state index contributed by atoms with van der Waals surface area (Å²) < 4.78 is 1.71. The Morgan fingerprint density at radius 3 is 3.08 bits per heavy atom. The van der Waals surface area contributed by atoms with E-state index in [2.05, 4.69) is 10.3 Å². The molecule has 5 heteroatoms. The van der Waals surface area contributed by atoms with Crippen molar-refractivity contribution in [2.45, 2.75) is 13.0 Å². The lowest BCUT2D eigenvalue weighted by molar-refractivity contribution is -0.120. The van der Waals surface area contributed by atoms with E-state index in [-0.39, 0.29) is 5.91 Å². The maximum absolute atomic E-state index is 10.8. The number of hydrogen-bond donors (Lipinski definition) is 1. The molecule has 70 valence electrons. The van der Waals surface area contributed by atoms with E-state index >= 15 is 0 Å². The molecule has 5 nitrogen and oxygen atoms in total. The van der Waals surface area contributed by atoms with Crippen molar-refractivity contribution in [3.05, 3.63) is 18.2 Å². The lowest BCUT2D eigenvalue weighted by Crippen LogP contribution is -2.19. The molecule has 0 aliphatic carbocycles. The molecule has 0 unspecified atom stereocenters. The molecule has 0 saturated heterocycles. The first-order chi connectivity index (χ1) is 6.26. The SMILES string of the molecule is CNC(=O)CCn1cnc(C=O)c1. The number of amides is 1. The van der Waals surface area contributed by atoms with E-state index in [1.54, 1.807) is 17.8 Å². The first kappa shape index (κ1) is 9.44. The Morgan fingerprint density at radius 1 is 1.77 bits per heavy atom. The number of nitrogens with zero attached hydrogens (tertiary/aromatic N) is 2. The van der Waals surface area contributed by atoms with Crippen LogP contribution in [0.2, 0.25) is 0 Å². The fourth-order valence-corrected chi connectivity index (χ4v) is 0.916. The van der Waals surface area contributed by atoms with Gasteiger partial charge in [0.1, 0.15) is 5.69 Å². The van der Waals surface area contributed by atoms with Crippen molar-refractivity contribution >= 4 is 12.2 Å². The van der Waals surface area contributed by atoms with Gasteiger partial charge in [0.05, 0.1) is 6.33 Å². The van der Waals surface area contributed by atoms with Crippen LogP contribution < -0.4 is 5.32 Å². The maximum Gasteiger partial charge on any atom is 0.221 e. The molecule has 0 spiro atoms. The molecule has 13 heavy (non-hydrogen) atoms. The van der Waals surface area contributed by atoms with E-state index in [0.717, 1.165) is 0 Å². The minimum atomic E-state index is -0.0265. The molecule has 1 rings (SSSR count). The first-order valence-electron chi connectivity index (χ1n) is 3.94. The number of carbonyl (C=O) groups is 2. The van der Waals surface area contributed by atoms with Gasteiger partial charge in [-0.05, 0) is 0 Å². The zero-order valence-corrected chi connectivity index (χ0v) is 7.36. The normalized spacial score (nSPS) is 9.62. The highest BCUT2D eigenvalue weighted by molar-refractivity contribution is 5.75. The van der Waals surface area contributed by atoms with E-state index in [4.69, 9.17) is 0 Å². The van der Waals surface area contributed by atoms with Crippen LogP contribution >= 0.6 is 0 Å². The molecule has 0 fully saturated rings. The molecule has 1 N–H and O–H groups in total. The van der Waals surface area contributed by atoms with Crippen molar-refractivity contribution in [3.8, 4) is 0 Å². The smallest absolute Gasteiger partial charge is 0.221 e. The van der Waals surface area contributed by atoms with Crippen molar-refractivity contribution < 1.29 is 9.59 Å². The second-order valence-corrected chi connectivity index (χ2v) is 2.58. The summed E-state index contributed by atoms with van der Waals surface area (Å²) in [6.45, 7) is 0.542. The molecule has 0 atom stereocenters. The van der Waals surface area contributed by atoms with Crippen molar-refractivity contribution in [3.63, 3.8) is 0 Å². The Kier molecular flexibility index (Phi) is 3.19. The van der Waals surface area contributed by atoms with Crippen LogP contribution in [0.3, 0.4) is 0 Å². The van der Waals surface area contributed by atoms with Crippen molar-refractivity contribution in [1.29, 1.82) is 0 Å². The van der Waals surface area contributed by atoms with Gasteiger partial charge in [0.25, 0.3) is 0 Å². The van der Waals surface area contributed by atoms with Gasteiger partial charge in [-0.25, -0.2) is 4.98 Å². The predicted molar refractivity (Wildman–Crippen MR) is 46.3 cm³/mol. The maximum atomic E-state index is 10.8. The van der Waals surface area contributed by atoms with Gasteiger partial charge < -0.3 is 9.88 Å². The van der Waals surface area contributed by atoms with Gasteiger partial charge in [-0.1, -0.05) is 0 Å². The summed E-state index contributed by atoms with van der Waals surface area (Å²) in [5.41, 5.74) is 0.386. The standard InChI is InChI=1S/C8H11N3O2/c1-9-8(13)2-3-11-4-7(5-12)10-6-11/h4-6H,2-3H2,1H3,(H,9,13). The molecule has 0 bridgehead atoms. The third-order valence-corrected chi connectivity index (χ3v) is 1.65. The van der Waals surface area contributed by atoms with Gasteiger partial charge in [-0.3, -0.25) is 9.59 Å². The molecule has 1 heterocycles. The number of rotatable bonds is 4. The number of nitrogens with one attached hydrogen (secondary N) is 1. The Bertz CT molecular complexity index is 306. The summed E-state index contributed by atoms with van der Waals surface area (Å²) in [5, 5.41) is 2.51. The van der Waals surface area contributed by atoms with Crippen molar-refractivity contribution in [1.82, 2.24) is 14.9 Å². The molecular formula is C8H11N3O2. The summed E-state index contributed by atoms with van der Waals surface area (Å²) in [6.07, 6.45) is 4.21. The number of imidazole rings is 1. The van der Waals surface area contributed by atoms with Crippen LogP contribution in [0.5, 0.6) is 0 Å². The summed E-state index contributed by atoms with van der Waals surface area (Å²) >= 11 is 0. The van der Waals surface area contributed by atoms with Crippen LogP contribution in [0, 0.1) is 0 Å². The second-order valence-electron chi connectivity index (χ2n) is 2.58. The van der Waals surface area contributed by atoms with Gasteiger partial charge in [0.15, 0.2) is 6.29 Å². The fraction of sp³-hybridized carbons (Fsp3) is 0.375. The average Bonchev–Trinajstić information content (AvgIpc) is 2.61. The van der Waals surface area contributed by atoms with Crippen molar-refractivity contribution in [2.75, 3.05) is 7.05 Å². The lowest BCUT2D eigenvalue weighted by atomic mass is 10.4. The monoisotopic (exact) mass is 181 g/mol. The van der Waals surface area contributed by atoms with Gasteiger partial charge >= 0.3 is 0 Å². The number of aryl methyl sites for hydroxylation is 1. The fourth-order valence-electron chi connectivity index (χ4n) is 0.916. The van der Waals surface area contributed by atoms with Gasteiger partial charge in [-0.2, -0.15) is 0 Å². The highest BCUT2D eigenvalue weighted by Crippen LogP contribution is 1.94. The summed E-state index contributed by atoms with van der Waals surface area (Å²) in [6, 6.07) is 0. The Balaban J connectivity index is 2.45. The Hall–Kier alpha value is -1.65. The molecule has 1 amide bonds. The van der Waals surface area contributed by atoms with Crippen LogP contribution in [0.25, 0.3) is 0 Å². The summed E-state index contributed by atoms with van der Waals surface area (Å²) in [7, 11) is 1.59. The van der Waals surface area contributed by atoms with E-state index in [9.17, 15) is 9.59 Å². The second kappa shape index (κ2) is 4.39. The lowest BCUT2D eigenvalue weighted by Gasteiger charge is -1.99. The zero-order valence-electron chi connectivity index (χ0n) is 7.36. The number of aldehydes is 1. The van der Waals surface area contributed by atoms with Gasteiger partial charge in [0, 0.05) is 26.2 Å². The van der Waals surface area contributed by atoms with Gasteiger partial charge in [0.2, 0.25) is 5.91 Å². The van der Waals surface area contributed by atoms with Crippen LogP contribution in [-0.4, -0.2) is 28.8 Å². The Morgan fingerprint density at radius 2 is 2.54 bits per heavy atom. The zero-order chi connectivity index (χ0) is 9.68. The first-order valence-corrected chi connectivity index (χ1v) is 3.94. The van der Waals surface area contributed by atoms with Crippen molar-refractivity contribution in [2.24, 2.45) is 0 Å². The van der Waals surface area contributed by atoms with E-state index < -0.39 is 0 Å². The van der Waals surface area contributed by atoms with Crippen LogP contribution in [-0.2, 0) is 11.3 Å². The predicted octanol–water partition coefficient (Wildman–Crippen LogP) is -0.168. The molecular weight excluding hydrogens is 170 g/mol. The molecule has 1 aromatic heterocycles. The van der Waals surface area contributed by atoms with Crippen LogP contribution in [0.15, 0.2) is 12.5 Å². The van der Waals surface area contributed by atoms with Gasteiger partial charge in [-0.15, -0.1) is 0 Å². The summed E-state index contributed by atoms with van der Waals surface area (Å²) in [5.74, 6) is -0.0265. The van der Waals surface area contributed by atoms with Crippen LogP contribution in [0.1, 0.15) is 16.9 Å². The number of carbonyl (C=O) groups excluding carboxylic acids is 2. The third-order valence-electron chi connectivity index (χ3n) is 1.65. The minimum Gasteiger partial charge on any atom is -0.359 e. The Labute approximate surface area is 75.8 Å². The number of hydrogen-bond acceptors (Lipinski definition) is 3. The molecule has 1 aromatic rings. The summed E-state index contributed by atoms with van der Waals surface area (Å²) in [4.78, 5) is 24.9. The largest absolute Gasteiger partial charge is 0.359 e. The molecule has 0 aromatic carbocycles. The highest BCUT2D eigenvalue weighted by Gasteiger charge is 2.00. The quantitative estimate of drug-likeness (QED) is 0.656. The molecule has 0 saturated carbocycles. The molecule has 0 radical (unpaired) electrons.